The Kier molecular flexibility index (Phi) is 2.31. The van der Waals surface area contributed by atoms with E-state index in [1.165, 1.54) is 0 Å². The molecule has 1 unspecified atom stereocenters. The Morgan fingerprint density at radius 1 is 1.80 bits per heavy atom. The summed E-state index contributed by atoms with van der Waals surface area (Å²) >= 11 is -2.49. The Bertz CT molecular complexity index is 44.9. The van der Waals surface area contributed by atoms with Crippen molar-refractivity contribution in [2.45, 2.75) is 0 Å². The smallest absolute Gasteiger partial charge is 0.220 e. The Balaban J connectivity index is 2.85. The van der Waals surface area contributed by atoms with Crippen LogP contribution >= 0.6 is 0 Å². The highest BCUT2D eigenvalue weighted by molar-refractivity contribution is 7.78. The van der Waals surface area contributed by atoms with Gasteiger partial charge in [0.05, 0.1) is 0 Å². The average molecular weight is 97.1 g/mol. The van der Waals surface area contributed by atoms with E-state index in [1.54, 1.807) is 0 Å². The Morgan fingerprint density at radius 2 is 2.00 bits per heavy atom. The van der Waals surface area contributed by atoms with Crippen molar-refractivity contribution in [2.75, 3.05) is 6.01 Å². The zero-order chi connectivity index (χ0) is 4.28. The lowest BCUT2D eigenvalue weighted by atomic mass is 11.8. The first kappa shape index (κ1) is 5.04. The quantitative estimate of drug-likeness (QED) is 0.454. The molecule has 0 aromatic heterocycles. The van der Waals surface area contributed by atoms with Gasteiger partial charge in [-0.05, 0) is 0 Å². The van der Waals surface area contributed by atoms with E-state index in [0.717, 1.165) is 0 Å². The summed E-state index contributed by atoms with van der Waals surface area (Å²) in [6.07, 6.45) is 0. The first-order valence-electron chi connectivity index (χ1n) is 0.889. The van der Waals surface area contributed by atoms with Gasteiger partial charge in [0, 0.05) is 0 Å². The maximum atomic E-state index is 10.5. The zero-order valence-corrected chi connectivity index (χ0v) is 3.13. The van der Waals surface area contributed by atoms with Crippen LogP contribution in [0, 0.1) is 0 Å². The molecule has 1 atom stereocenters. The minimum Gasteiger partial charge on any atom is -0.234 e. The Labute approximate surface area is 31.3 Å². The summed E-state index contributed by atoms with van der Waals surface area (Å²) in [6, 6.07) is -1.28. The van der Waals surface area contributed by atoms with Gasteiger partial charge in [0.2, 0.25) is 11.1 Å². The molecular weight excluding hydrogens is 95.1 g/mol. The van der Waals surface area contributed by atoms with Crippen LogP contribution in [0.2, 0.25) is 0 Å². The molecule has 0 spiro atoms. The topological polar surface area (TPSA) is 37.0 Å². The summed E-state index contributed by atoms with van der Waals surface area (Å²) in [5, 5.41) is 0. The Hall–Kier alpha value is 0.0400. The normalized spacial score (nSPS) is 14.8. The summed E-state index contributed by atoms with van der Waals surface area (Å²) in [5.74, 6) is 0. The molecule has 0 rings (SSSR count). The molecule has 5 heavy (non-hydrogen) atoms. The lowest BCUT2D eigenvalue weighted by Gasteiger charge is -1.65. The van der Waals surface area contributed by atoms with Gasteiger partial charge in [-0.1, -0.05) is 0 Å². The molecule has 31 valence electrons. The van der Waals surface area contributed by atoms with Crippen LogP contribution in [-0.2, 0) is 15.6 Å². The highest BCUT2D eigenvalue weighted by Crippen LogP contribution is 1.70. The number of rotatable bonds is 1. The maximum Gasteiger partial charge on any atom is 0.220 e. The average Bonchev–Trinajstić information content (AvgIpc) is 1.38. The molecule has 0 saturated carbocycles. The van der Waals surface area contributed by atoms with Crippen LogP contribution in [0.3, 0.4) is 0 Å². The Morgan fingerprint density at radius 3 is 2.00 bits per heavy atom. The van der Waals surface area contributed by atoms with Gasteiger partial charge in [0.1, 0.15) is 0 Å². The zero-order valence-electron chi connectivity index (χ0n) is 2.31. The van der Waals surface area contributed by atoms with E-state index in [0.29, 0.717) is 0 Å². The highest BCUT2D eigenvalue weighted by atomic mass is 32.2. The summed E-state index contributed by atoms with van der Waals surface area (Å²) in [5.41, 5.74) is 0. The van der Waals surface area contributed by atoms with Gasteiger partial charge in [0.15, 0.2) is 6.01 Å². The minimum absolute atomic E-state index is 1.28. The van der Waals surface area contributed by atoms with Crippen molar-refractivity contribution in [1.29, 1.82) is 0 Å². The molecule has 0 aromatic rings. The summed E-state index contributed by atoms with van der Waals surface area (Å²) in [4.78, 5) is 0. The number of alkyl halides is 1. The van der Waals surface area contributed by atoms with Crippen LogP contribution < -0.4 is 0 Å². The summed E-state index contributed by atoms with van der Waals surface area (Å²) in [6.45, 7) is 0. The lowest BCUT2D eigenvalue weighted by molar-refractivity contribution is 0.446. The molecule has 0 saturated heterocycles. The van der Waals surface area contributed by atoms with E-state index in [1.807, 2.05) is 0 Å². The maximum absolute atomic E-state index is 10.5. The molecule has 0 bridgehead atoms. The van der Waals surface area contributed by atoms with E-state index in [-0.39, 0.29) is 0 Å². The fourth-order valence-corrected chi connectivity index (χ4v) is 0. The molecule has 0 N–H and O–H groups in total. The van der Waals surface area contributed by atoms with E-state index >= 15 is 0 Å². The van der Waals surface area contributed by atoms with Gasteiger partial charge in [-0.15, -0.1) is 4.55 Å². The molecule has 4 heteroatoms. The minimum atomic E-state index is -2.49. The molecule has 0 aromatic carbocycles. The third-order valence-corrected chi connectivity index (χ3v) is 0.267. The van der Waals surface area contributed by atoms with Crippen molar-refractivity contribution in [2.24, 2.45) is 0 Å². The number of hydrogen-bond acceptors (Lipinski definition) is 1. The molecule has 0 aliphatic carbocycles. The van der Waals surface area contributed by atoms with E-state index in [9.17, 15) is 4.39 Å². The first-order chi connectivity index (χ1) is 2.27. The highest BCUT2D eigenvalue weighted by Gasteiger charge is 1.84. The van der Waals surface area contributed by atoms with Gasteiger partial charge in [-0.2, -0.15) is 0 Å². The second kappa shape index (κ2) is 2.29. The van der Waals surface area contributed by atoms with E-state index in [4.69, 9.17) is 8.76 Å². The van der Waals surface area contributed by atoms with E-state index < -0.39 is 17.1 Å². The fraction of sp³-hybridized carbons (Fsp3) is 1.00. The van der Waals surface area contributed by atoms with E-state index in [2.05, 4.69) is 0 Å². The van der Waals surface area contributed by atoms with Crippen LogP contribution in [0.1, 0.15) is 0 Å². The van der Waals surface area contributed by atoms with Gasteiger partial charge >= 0.3 is 0 Å². The summed E-state index contributed by atoms with van der Waals surface area (Å²) in [7, 11) is 0. The van der Waals surface area contributed by atoms with Crippen LogP contribution in [0.5, 0.6) is 0 Å². The third kappa shape index (κ3) is 4.04. The standard InChI is InChI=1S/CH2FO2S/c2-1-5(3)4/h1H2. The SMILES string of the molecule is [O]S(=O)CF. The van der Waals surface area contributed by atoms with Gasteiger partial charge in [0.25, 0.3) is 0 Å². The predicted molar refractivity (Wildman–Crippen MR) is 14.8 cm³/mol. The monoisotopic (exact) mass is 97.0 g/mol. The second-order valence-corrected chi connectivity index (χ2v) is 1.24. The largest absolute Gasteiger partial charge is 0.234 e. The van der Waals surface area contributed by atoms with Crippen molar-refractivity contribution in [3.63, 3.8) is 0 Å². The molecule has 1 radical (unpaired) electrons. The molecule has 0 amide bonds. The van der Waals surface area contributed by atoms with Crippen molar-refractivity contribution < 1.29 is 13.2 Å². The van der Waals surface area contributed by atoms with Crippen molar-refractivity contribution in [1.82, 2.24) is 0 Å². The van der Waals surface area contributed by atoms with Crippen molar-refractivity contribution in [3.05, 3.63) is 0 Å². The van der Waals surface area contributed by atoms with Crippen molar-refractivity contribution in [3.8, 4) is 0 Å². The van der Waals surface area contributed by atoms with Gasteiger partial charge in [-0.25, -0.2) is 8.60 Å². The van der Waals surface area contributed by atoms with Gasteiger partial charge < -0.3 is 0 Å². The number of halogens is 1. The second-order valence-electron chi connectivity index (χ2n) is 0.413. The summed E-state index contributed by atoms with van der Waals surface area (Å²) < 4.78 is 28.5. The van der Waals surface area contributed by atoms with Crippen LogP contribution in [0.15, 0.2) is 0 Å². The van der Waals surface area contributed by atoms with Crippen LogP contribution in [0.4, 0.5) is 4.39 Å². The third-order valence-electron chi connectivity index (χ3n) is 0.0891. The first-order valence-corrected chi connectivity index (χ1v) is 2.13. The molecule has 0 heterocycles. The molecule has 0 aliphatic heterocycles. The lowest BCUT2D eigenvalue weighted by Crippen LogP contribution is -1.80. The van der Waals surface area contributed by atoms with Gasteiger partial charge in [-0.3, -0.25) is 0 Å². The number of hydrogen-bond donors (Lipinski definition) is 0. The van der Waals surface area contributed by atoms with Crippen molar-refractivity contribution >= 4 is 11.1 Å². The molecule has 2 nitrogen and oxygen atoms in total. The molecular formula is CH2FO2S. The fourth-order valence-electron chi connectivity index (χ4n) is 0. The molecule has 0 aliphatic rings. The molecule has 0 fully saturated rings. The van der Waals surface area contributed by atoms with Crippen LogP contribution in [-0.4, -0.2) is 10.2 Å². The van der Waals surface area contributed by atoms with Crippen LogP contribution in [0.25, 0.3) is 0 Å². The predicted octanol–water partition coefficient (Wildman–Crippen LogP) is 0.00760.